The van der Waals surface area contributed by atoms with Crippen LogP contribution in [0.2, 0.25) is 0 Å². The fourth-order valence-electron chi connectivity index (χ4n) is 2.14. The topological polar surface area (TPSA) is 105 Å². The van der Waals surface area contributed by atoms with Gasteiger partial charge in [0.25, 0.3) is 0 Å². The third-order valence-corrected chi connectivity index (χ3v) is 3.35. The summed E-state index contributed by atoms with van der Waals surface area (Å²) >= 11 is 0. The van der Waals surface area contributed by atoms with Crippen molar-refractivity contribution in [2.75, 3.05) is 19.7 Å². The van der Waals surface area contributed by atoms with Crippen LogP contribution in [-0.4, -0.2) is 48.7 Å². The number of carbonyl (C=O) groups excluding carboxylic acids is 2. The molecule has 0 bridgehead atoms. The third-order valence-electron chi connectivity index (χ3n) is 3.35. The normalized spacial score (nSPS) is 11.4. The SMILES string of the molecule is C=CCOC(=O)N[C@@H](CC(=O)O)C(=O)CNCCCc1ccccc1. The molecular weight excluding hydrogens is 324 g/mol. The van der Waals surface area contributed by atoms with Gasteiger partial charge in [0.05, 0.1) is 13.0 Å². The molecule has 25 heavy (non-hydrogen) atoms. The summed E-state index contributed by atoms with van der Waals surface area (Å²) in [4.78, 5) is 34.5. The van der Waals surface area contributed by atoms with Crippen LogP contribution in [-0.2, 0) is 20.7 Å². The third kappa shape index (κ3) is 9.26. The molecule has 0 heterocycles. The number of benzene rings is 1. The molecule has 136 valence electrons. The van der Waals surface area contributed by atoms with Crippen molar-refractivity contribution in [2.24, 2.45) is 0 Å². The van der Waals surface area contributed by atoms with Crippen LogP contribution >= 0.6 is 0 Å². The number of carboxylic acids is 1. The first-order chi connectivity index (χ1) is 12.0. The van der Waals surface area contributed by atoms with Gasteiger partial charge in [0.15, 0.2) is 5.78 Å². The Bertz CT molecular complexity index is 574. The summed E-state index contributed by atoms with van der Waals surface area (Å²) in [6.45, 7) is 3.98. The number of amides is 1. The summed E-state index contributed by atoms with van der Waals surface area (Å²) in [5.74, 6) is -1.58. The minimum absolute atomic E-state index is 0.0163. The molecule has 0 unspecified atom stereocenters. The second-order valence-electron chi connectivity index (χ2n) is 5.41. The second kappa shape index (κ2) is 11.8. The number of carbonyl (C=O) groups is 3. The zero-order chi connectivity index (χ0) is 18.5. The van der Waals surface area contributed by atoms with Crippen molar-refractivity contribution >= 4 is 17.8 Å². The number of ether oxygens (including phenoxy) is 1. The van der Waals surface area contributed by atoms with Crippen molar-refractivity contribution in [2.45, 2.75) is 25.3 Å². The quantitative estimate of drug-likeness (QED) is 0.391. The van der Waals surface area contributed by atoms with E-state index in [4.69, 9.17) is 9.84 Å². The lowest BCUT2D eigenvalue weighted by atomic mass is 10.1. The lowest BCUT2D eigenvalue weighted by molar-refractivity contribution is -0.139. The van der Waals surface area contributed by atoms with Gasteiger partial charge in [-0.1, -0.05) is 43.0 Å². The molecule has 0 spiro atoms. The van der Waals surface area contributed by atoms with Gasteiger partial charge in [-0.15, -0.1) is 0 Å². The van der Waals surface area contributed by atoms with Crippen molar-refractivity contribution in [3.63, 3.8) is 0 Å². The van der Waals surface area contributed by atoms with Gasteiger partial charge in [-0.3, -0.25) is 9.59 Å². The number of alkyl carbamates (subject to hydrolysis) is 1. The first kappa shape index (κ1) is 20.4. The van der Waals surface area contributed by atoms with Gasteiger partial charge in [0, 0.05) is 0 Å². The Kier molecular flexibility index (Phi) is 9.62. The maximum atomic E-state index is 12.1. The van der Waals surface area contributed by atoms with E-state index in [1.165, 1.54) is 11.6 Å². The van der Waals surface area contributed by atoms with Gasteiger partial charge in [-0.05, 0) is 24.9 Å². The molecule has 1 atom stereocenters. The Labute approximate surface area is 147 Å². The number of aryl methyl sites for hydroxylation is 1. The van der Waals surface area contributed by atoms with Crippen molar-refractivity contribution < 1.29 is 24.2 Å². The Balaban J connectivity index is 2.34. The zero-order valence-corrected chi connectivity index (χ0v) is 14.1. The Morgan fingerprint density at radius 2 is 1.96 bits per heavy atom. The molecule has 0 aliphatic heterocycles. The molecule has 0 aliphatic carbocycles. The first-order valence-electron chi connectivity index (χ1n) is 8.06. The van der Waals surface area contributed by atoms with E-state index in [2.05, 4.69) is 17.2 Å². The van der Waals surface area contributed by atoms with Crippen LogP contribution in [0, 0.1) is 0 Å². The summed E-state index contributed by atoms with van der Waals surface area (Å²) in [5.41, 5.74) is 1.21. The predicted molar refractivity (Wildman–Crippen MR) is 93.4 cm³/mol. The molecule has 1 amide bonds. The molecule has 0 saturated carbocycles. The van der Waals surface area contributed by atoms with Crippen LogP contribution in [0.1, 0.15) is 18.4 Å². The van der Waals surface area contributed by atoms with Gasteiger partial charge in [-0.2, -0.15) is 0 Å². The van der Waals surface area contributed by atoms with Gasteiger partial charge in [-0.25, -0.2) is 4.79 Å². The van der Waals surface area contributed by atoms with E-state index in [-0.39, 0.29) is 13.2 Å². The number of Topliss-reactive ketones (excluding diaryl/α,β-unsaturated/α-hetero) is 1. The fourth-order valence-corrected chi connectivity index (χ4v) is 2.14. The maximum Gasteiger partial charge on any atom is 0.408 e. The number of nitrogens with one attached hydrogen (secondary N) is 2. The number of hydrogen-bond acceptors (Lipinski definition) is 5. The van der Waals surface area contributed by atoms with Crippen LogP contribution in [0.3, 0.4) is 0 Å². The van der Waals surface area contributed by atoms with E-state index in [0.29, 0.717) is 6.54 Å². The van der Waals surface area contributed by atoms with E-state index in [1.807, 2.05) is 30.3 Å². The number of rotatable bonds is 12. The summed E-state index contributed by atoms with van der Waals surface area (Å²) in [5, 5.41) is 14.1. The van der Waals surface area contributed by atoms with Crippen LogP contribution in [0.5, 0.6) is 0 Å². The van der Waals surface area contributed by atoms with E-state index < -0.39 is 30.3 Å². The lowest BCUT2D eigenvalue weighted by Crippen LogP contribution is -2.46. The van der Waals surface area contributed by atoms with Crippen molar-refractivity contribution in [1.82, 2.24) is 10.6 Å². The maximum absolute atomic E-state index is 12.1. The van der Waals surface area contributed by atoms with E-state index in [9.17, 15) is 14.4 Å². The molecule has 1 aromatic rings. The lowest BCUT2D eigenvalue weighted by Gasteiger charge is -2.16. The number of hydrogen-bond donors (Lipinski definition) is 3. The van der Waals surface area contributed by atoms with E-state index in [0.717, 1.165) is 12.8 Å². The highest BCUT2D eigenvalue weighted by Crippen LogP contribution is 2.01. The van der Waals surface area contributed by atoms with Crippen LogP contribution in [0.25, 0.3) is 0 Å². The van der Waals surface area contributed by atoms with E-state index in [1.54, 1.807) is 0 Å². The highest BCUT2D eigenvalue weighted by Gasteiger charge is 2.23. The summed E-state index contributed by atoms with van der Waals surface area (Å²) in [6.07, 6.45) is 1.77. The molecule has 0 aliphatic rings. The minimum Gasteiger partial charge on any atom is -0.481 e. The average molecular weight is 348 g/mol. The highest BCUT2D eigenvalue weighted by atomic mass is 16.5. The summed E-state index contributed by atoms with van der Waals surface area (Å²) in [6, 6.07) is 8.84. The molecular formula is C18H24N2O5. The molecule has 7 heteroatoms. The average Bonchev–Trinajstić information content (AvgIpc) is 2.59. The van der Waals surface area contributed by atoms with Crippen LogP contribution in [0.15, 0.2) is 43.0 Å². The number of aliphatic carboxylic acids is 1. The zero-order valence-electron chi connectivity index (χ0n) is 14.1. The molecule has 1 aromatic carbocycles. The molecule has 7 nitrogen and oxygen atoms in total. The standard InChI is InChI=1S/C18H24N2O5/c1-2-11-25-18(24)20-15(12-17(22)23)16(21)13-19-10-6-9-14-7-4-3-5-8-14/h2-5,7-8,15,19H,1,6,9-13H2,(H,20,24)(H,22,23)/t15-/m0/s1. The smallest absolute Gasteiger partial charge is 0.408 e. The van der Waals surface area contributed by atoms with Gasteiger partial charge in [0.1, 0.15) is 12.6 Å². The van der Waals surface area contributed by atoms with Crippen molar-refractivity contribution in [1.29, 1.82) is 0 Å². The largest absolute Gasteiger partial charge is 0.481 e. The highest BCUT2D eigenvalue weighted by molar-refractivity contribution is 5.92. The second-order valence-corrected chi connectivity index (χ2v) is 5.41. The number of ketones is 1. The summed E-state index contributed by atoms with van der Waals surface area (Å²) in [7, 11) is 0. The summed E-state index contributed by atoms with van der Waals surface area (Å²) < 4.78 is 4.71. The molecule has 0 saturated heterocycles. The van der Waals surface area contributed by atoms with Gasteiger partial charge in [0.2, 0.25) is 0 Å². The minimum atomic E-state index is -1.17. The first-order valence-corrected chi connectivity index (χ1v) is 8.06. The van der Waals surface area contributed by atoms with Crippen molar-refractivity contribution in [3.8, 4) is 0 Å². The molecule has 0 fully saturated rings. The molecule has 0 radical (unpaired) electrons. The number of carboxylic acid groups (broad SMARTS) is 1. The Hall–Kier alpha value is -2.67. The molecule has 3 N–H and O–H groups in total. The van der Waals surface area contributed by atoms with Gasteiger partial charge >= 0.3 is 12.1 Å². The Morgan fingerprint density at radius 1 is 1.24 bits per heavy atom. The molecule has 1 rings (SSSR count). The Morgan fingerprint density at radius 3 is 2.60 bits per heavy atom. The van der Waals surface area contributed by atoms with Crippen LogP contribution in [0.4, 0.5) is 4.79 Å². The monoisotopic (exact) mass is 348 g/mol. The van der Waals surface area contributed by atoms with Crippen molar-refractivity contribution in [3.05, 3.63) is 48.6 Å². The predicted octanol–water partition coefficient (Wildman–Crippen LogP) is 1.53. The molecule has 0 aromatic heterocycles. The van der Waals surface area contributed by atoms with Gasteiger partial charge < -0.3 is 20.5 Å². The fraction of sp³-hybridized carbons (Fsp3) is 0.389. The van der Waals surface area contributed by atoms with Crippen LogP contribution < -0.4 is 10.6 Å². The van der Waals surface area contributed by atoms with E-state index >= 15 is 0 Å².